The Morgan fingerprint density at radius 3 is 2.39 bits per heavy atom. The van der Waals surface area contributed by atoms with Crippen LogP contribution in [0.15, 0.2) is 90.3 Å². The van der Waals surface area contributed by atoms with Crippen LogP contribution in [0, 0.1) is 0 Å². The second kappa shape index (κ2) is 9.53. The van der Waals surface area contributed by atoms with Crippen LogP contribution in [-0.4, -0.2) is 36.2 Å². The van der Waals surface area contributed by atoms with Gasteiger partial charge in [-0.15, -0.1) is 0 Å². The van der Waals surface area contributed by atoms with Gasteiger partial charge < -0.3 is 10.1 Å². The Hall–Kier alpha value is -4.18. The predicted octanol–water partition coefficient (Wildman–Crippen LogP) is 3.01. The minimum absolute atomic E-state index is 0.0358. The fraction of sp³-hybridized carbons (Fsp3) is 0.0870. The number of carbonyl (C=O) groups excluding carboxylic acids is 1. The van der Waals surface area contributed by atoms with Gasteiger partial charge in [-0.1, -0.05) is 24.3 Å². The maximum atomic E-state index is 12.7. The third-order valence-electron chi connectivity index (χ3n) is 4.85. The quantitative estimate of drug-likeness (QED) is 0.415. The number of benzene rings is 3. The molecule has 0 radical (unpaired) electrons. The average molecular weight is 464 g/mol. The third kappa shape index (κ3) is 5.18. The van der Waals surface area contributed by atoms with Crippen molar-refractivity contribution in [1.29, 1.82) is 0 Å². The molecule has 168 valence electrons. The van der Waals surface area contributed by atoms with E-state index >= 15 is 0 Å². The number of amides is 1. The van der Waals surface area contributed by atoms with Gasteiger partial charge in [-0.25, -0.2) is 18.1 Å². The Bertz CT molecular complexity index is 1340. The van der Waals surface area contributed by atoms with Crippen LogP contribution in [0.4, 0.5) is 5.69 Å². The number of carbonyl (C=O) groups is 1. The molecule has 0 saturated heterocycles. The standard InChI is InChI=1S/C23H21N5O4S/c1-32-22-5-3-2-4-21(22)27-33(30,31)20-12-8-18(9-13-20)23(29)25-14-17-6-10-19(11-7-17)28-16-24-15-26-28/h2-13,15-16,27H,14H2,1H3,(H,25,29). The van der Waals surface area contributed by atoms with E-state index in [0.717, 1.165) is 11.3 Å². The lowest BCUT2D eigenvalue weighted by molar-refractivity contribution is 0.0951. The zero-order valence-corrected chi connectivity index (χ0v) is 18.5. The van der Waals surface area contributed by atoms with Crippen LogP contribution in [0.1, 0.15) is 15.9 Å². The Morgan fingerprint density at radius 1 is 1.00 bits per heavy atom. The lowest BCUT2D eigenvalue weighted by Gasteiger charge is -2.12. The number of para-hydroxylation sites is 2. The number of nitrogens with one attached hydrogen (secondary N) is 2. The summed E-state index contributed by atoms with van der Waals surface area (Å²) in [6, 6.07) is 20.0. The SMILES string of the molecule is COc1ccccc1NS(=O)(=O)c1ccc(C(=O)NCc2ccc(-n3cncn3)cc2)cc1. The van der Waals surface area contributed by atoms with E-state index in [1.54, 1.807) is 35.3 Å². The number of aromatic nitrogens is 3. The lowest BCUT2D eigenvalue weighted by atomic mass is 10.2. The zero-order chi connectivity index (χ0) is 23.3. The van der Waals surface area contributed by atoms with Crippen LogP contribution in [0.3, 0.4) is 0 Å². The second-order valence-electron chi connectivity index (χ2n) is 7.02. The molecule has 0 fully saturated rings. The summed E-state index contributed by atoms with van der Waals surface area (Å²) in [6.07, 6.45) is 3.06. The van der Waals surface area contributed by atoms with Gasteiger partial charge in [-0.2, -0.15) is 5.10 Å². The summed E-state index contributed by atoms with van der Waals surface area (Å²) in [7, 11) is -2.38. The molecule has 3 aromatic carbocycles. The van der Waals surface area contributed by atoms with Gasteiger partial charge in [0.2, 0.25) is 0 Å². The van der Waals surface area contributed by atoms with E-state index in [2.05, 4.69) is 20.1 Å². The highest BCUT2D eigenvalue weighted by atomic mass is 32.2. The number of sulfonamides is 1. The fourth-order valence-electron chi connectivity index (χ4n) is 3.11. The smallest absolute Gasteiger partial charge is 0.262 e. The number of ether oxygens (including phenoxy) is 1. The molecule has 1 heterocycles. The van der Waals surface area contributed by atoms with E-state index in [1.165, 1.54) is 37.7 Å². The van der Waals surface area contributed by atoms with Gasteiger partial charge in [0.25, 0.3) is 15.9 Å². The van der Waals surface area contributed by atoms with Crippen LogP contribution in [0.25, 0.3) is 5.69 Å². The van der Waals surface area contributed by atoms with E-state index in [-0.39, 0.29) is 10.8 Å². The Kier molecular flexibility index (Phi) is 6.36. The summed E-state index contributed by atoms with van der Waals surface area (Å²) >= 11 is 0. The molecule has 0 saturated carbocycles. The average Bonchev–Trinajstić information content (AvgIpc) is 3.38. The fourth-order valence-corrected chi connectivity index (χ4v) is 4.18. The summed E-state index contributed by atoms with van der Waals surface area (Å²) in [5.41, 5.74) is 2.45. The van der Waals surface area contributed by atoms with Crippen LogP contribution >= 0.6 is 0 Å². The van der Waals surface area contributed by atoms with E-state index in [9.17, 15) is 13.2 Å². The highest BCUT2D eigenvalue weighted by molar-refractivity contribution is 7.92. The van der Waals surface area contributed by atoms with E-state index in [1.807, 2.05) is 24.3 Å². The number of hydrogen-bond acceptors (Lipinski definition) is 6. The van der Waals surface area contributed by atoms with Crippen molar-refractivity contribution >= 4 is 21.6 Å². The first-order valence-electron chi connectivity index (χ1n) is 9.94. The van der Waals surface area contributed by atoms with Crippen molar-refractivity contribution in [2.45, 2.75) is 11.4 Å². The molecule has 2 N–H and O–H groups in total. The summed E-state index contributed by atoms with van der Waals surface area (Å²) in [5.74, 6) is 0.100. The van der Waals surface area contributed by atoms with Crippen molar-refractivity contribution in [2.24, 2.45) is 0 Å². The monoisotopic (exact) mass is 463 g/mol. The highest BCUT2D eigenvalue weighted by Gasteiger charge is 2.17. The van der Waals surface area contributed by atoms with E-state index in [0.29, 0.717) is 23.5 Å². The Balaban J connectivity index is 1.38. The normalized spacial score (nSPS) is 11.1. The van der Waals surface area contributed by atoms with Crippen molar-refractivity contribution in [2.75, 3.05) is 11.8 Å². The van der Waals surface area contributed by atoms with Gasteiger partial charge in [0.05, 0.1) is 23.4 Å². The molecule has 0 aliphatic rings. The summed E-state index contributed by atoms with van der Waals surface area (Å²) in [4.78, 5) is 16.4. The molecule has 0 spiro atoms. The topological polar surface area (TPSA) is 115 Å². The zero-order valence-electron chi connectivity index (χ0n) is 17.7. The molecule has 0 bridgehead atoms. The van der Waals surface area contributed by atoms with Crippen LogP contribution < -0.4 is 14.8 Å². The van der Waals surface area contributed by atoms with Crippen molar-refractivity contribution in [3.05, 3.63) is 96.6 Å². The van der Waals surface area contributed by atoms with E-state index < -0.39 is 10.0 Å². The number of anilines is 1. The maximum absolute atomic E-state index is 12.7. The number of methoxy groups -OCH3 is 1. The van der Waals surface area contributed by atoms with Gasteiger partial charge >= 0.3 is 0 Å². The van der Waals surface area contributed by atoms with Gasteiger partial charge in [-0.05, 0) is 54.1 Å². The van der Waals surface area contributed by atoms with Crippen LogP contribution in [0.5, 0.6) is 5.75 Å². The minimum Gasteiger partial charge on any atom is -0.495 e. The Morgan fingerprint density at radius 2 is 1.73 bits per heavy atom. The summed E-state index contributed by atoms with van der Waals surface area (Å²) < 4.78 is 34.7. The third-order valence-corrected chi connectivity index (χ3v) is 6.23. The van der Waals surface area contributed by atoms with Gasteiger partial charge in [-0.3, -0.25) is 9.52 Å². The number of hydrogen-bond donors (Lipinski definition) is 2. The van der Waals surface area contributed by atoms with Crippen molar-refractivity contribution < 1.29 is 17.9 Å². The van der Waals surface area contributed by atoms with Crippen molar-refractivity contribution in [1.82, 2.24) is 20.1 Å². The molecular formula is C23H21N5O4S. The Labute approximate surface area is 191 Å². The molecule has 0 atom stereocenters. The number of nitrogens with zero attached hydrogens (tertiary/aromatic N) is 3. The first-order chi connectivity index (χ1) is 16.0. The van der Waals surface area contributed by atoms with Gasteiger partial charge in [0.15, 0.2) is 0 Å². The molecule has 0 aliphatic carbocycles. The summed E-state index contributed by atoms with van der Waals surface area (Å²) in [5, 5.41) is 6.90. The molecule has 4 aromatic rings. The molecular weight excluding hydrogens is 442 g/mol. The molecule has 4 rings (SSSR count). The van der Waals surface area contributed by atoms with Crippen molar-refractivity contribution in [3.63, 3.8) is 0 Å². The second-order valence-corrected chi connectivity index (χ2v) is 8.70. The van der Waals surface area contributed by atoms with Crippen LogP contribution in [-0.2, 0) is 16.6 Å². The number of rotatable bonds is 8. The van der Waals surface area contributed by atoms with Gasteiger partial charge in [0, 0.05) is 12.1 Å². The van der Waals surface area contributed by atoms with Gasteiger partial charge in [0.1, 0.15) is 18.4 Å². The maximum Gasteiger partial charge on any atom is 0.262 e. The first kappa shape index (κ1) is 22.0. The summed E-state index contributed by atoms with van der Waals surface area (Å²) in [6.45, 7) is 0.325. The largest absolute Gasteiger partial charge is 0.495 e. The molecule has 0 unspecified atom stereocenters. The molecule has 33 heavy (non-hydrogen) atoms. The molecule has 1 amide bonds. The molecule has 1 aromatic heterocycles. The molecule has 10 heteroatoms. The van der Waals surface area contributed by atoms with Crippen molar-refractivity contribution in [3.8, 4) is 11.4 Å². The minimum atomic E-state index is -3.84. The van der Waals surface area contributed by atoms with Crippen LogP contribution in [0.2, 0.25) is 0 Å². The first-order valence-corrected chi connectivity index (χ1v) is 11.4. The molecule has 9 nitrogen and oxygen atoms in total. The predicted molar refractivity (Wildman–Crippen MR) is 123 cm³/mol. The van der Waals surface area contributed by atoms with E-state index in [4.69, 9.17) is 4.74 Å². The molecule has 0 aliphatic heterocycles. The highest BCUT2D eigenvalue weighted by Crippen LogP contribution is 2.26. The lowest BCUT2D eigenvalue weighted by Crippen LogP contribution is -2.23.